The number of ether oxygens (including phenoxy) is 5. The summed E-state index contributed by atoms with van der Waals surface area (Å²) in [5.74, 6) is 2.08. The van der Waals surface area contributed by atoms with Gasteiger partial charge < -0.3 is 49.0 Å². The average molecular weight is 507 g/mol. The molecule has 1 spiro atoms. The molecule has 11 nitrogen and oxygen atoms in total. The maximum absolute atomic E-state index is 12.7. The molecule has 2 saturated heterocycles. The van der Waals surface area contributed by atoms with Crippen LogP contribution in [-0.2, 0) is 26.0 Å². The summed E-state index contributed by atoms with van der Waals surface area (Å²) in [5, 5.41) is 39.2. The third-order valence-electron chi connectivity index (χ3n) is 8.84. The molecule has 0 aromatic heterocycles. The Kier molecular flexibility index (Phi) is 5.71. The van der Waals surface area contributed by atoms with Crippen LogP contribution in [0.15, 0.2) is 24.0 Å². The summed E-state index contributed by atoms with van der Waals surface area (Å²) in [5.41, 5.74) is 2.10. The first-order valence-corrected chi connectivity index (χ1v) is 12.4. The molecule has 2 bridgehead atoms. The Morgan fingerprint density at radius 1 is 1.19 bits per heavy atom. The van der Waals surface area contributed by atoms with E-state index < -0.39 is 49.6 Å². The van der Waals surface area contributed by atoms with Crippen LogP contribution in [-0.4, -0.2) is 96.7 Å². The van der Waals surface area contributed by atoms with Gasteiger partial charge in [-0.05, 0) is 24.1 Å². The van der Waals surface area contributed by atoms with Crippen LogP contribution >= 0.6 is 0 Å². The van der Waals surface area contributed by atoms with E-state index in [4.69, 9.17) is 23.7 Å². The third kappa shape index (κ3) is 3.30. The normalized spacial score (nSPS) is 42.1. The second-order valence-corrected chi connectivity index (χ2v) is 10.5. The maximum atomic E-state index is 12.7. The lowest BCUT2D eigenvalue weighted by atomic mass is 9.53. The predicted molar refractivity (Wildman–Crippen MR) is 120 cm³/mol. The van der Waals surface area contributed by atoms with Crippen LogP contribution in [0.2, 0.25) is 0 Å². The maximum Gasteiger partial charge on any atom is 0.513 e. The van der Waals surface area contributed by atoms with Gasteiger partial charge in [0.15, 0.2) is 23.9 Å². The fourth-order valence-corrected chi connectivity index (χ4v) is 7.06. The van der Waals surface area contributed by atoms with Crippen LogP contribution in [0.1, 0.15) is 24.0 Å². The molecular formula is C25H32NO10+. The molecule has 0 amide bonds. The van der Waals surface area contributed by atoms with Gasteiger partial charge in [0.1, 0.15) is 36.8 Å². The zero-order valence-electron chi connectivity index (χ0n) is 20.1. The zero-order chi connectivity index (χ0) is 25.4. The summed E-state index contributed by atoms with van der Waals surface area (Å²) in [6.45, 7) is 0.490. The van der Waals surface area contributed by atoms with Crippen LogP contribution in [0.4, 0.5) is 4.79 Å². The van der Waals surface area contributed by atoms with Crippen molar-refractivity contribution < 1.29 is 53.8 Å². The molecule has 3 unspecified atom stereocenters. The van der Waals surface area contributed by atoms with Gasteiger partial charge in [-0.25, -0.2) is 4.79 Å². The highest BCUT2D eigenvalue weighted by Gasteiger charge is 2.66. The molecule has 0 saturated carbocycles. The predicted octanol–water partition coefficient (Wildman–Crippen LogP) is -1.61. The number of piperidine rings is 1. The van der Waals surface area contributed by atoms with E-state index in [1.807, 2.05) is 12.1 Å². The van der Waals surface area contributed by atoms with Gasteiger partial charge in [0.25, 0.3) is 0 Å². The largest absolute Gasteiger partial charge is 0.513 e. The highest BCUT2D eigenvalue weighted by Crippen LogP contribution is 2.62. The molecule has 3 heterocycles. The molecule has 6 rings (SSSR count). The monoisotopic (exact) mass is 506 g/mol. The first-order valence-electron chi connectivity index (χ1n) is 12.4. The van der Waals surface area contributed by atoms with Crippen molar-refractivity contribution in [1.82, 2.24) is 0 Å². The topological polar surface area (TPSA) is 149 Å². The number of quaternary nitrogens is 1. The number of likely N-dealkylation sites (N-methyl/N-ethyl adjacent to an activating group) is 1. The highest BCUT2D eigenvalue weighted by atomic mass is 16.7. The van der Waals surface area contributed by atoms with Gasteiger partial charge in [0, 0.05) is 24.3 Å². The Labute approximate surface area is 207 Å². The molecule has 36 heavy (non-hydrogen) atoms. The van der Waals surface area contributed by atoms with Crippen molar-refractivity contribution in [2.45, 2.75) is 67.5 Å². The van der Waals surface area contributed by atoms with E-state index in [9.17, 15) is 25.2 Å². The van der Waals surface area contributed by atoms with E-state index in [2.05, 4.69) is 13.1 Å². The van der Waals surface area contributed by atoms with Gasteiger partial charge in [-0.15, -0.1) is 0 Å². The van der Waals surface area contributed by atoms with Crippen molar-refractivity contribution >= 4 is 6.16 Å². The number of hydrogen-bond donors (Lipinski definition) is 5. The van der Waals surface area contributed by atoms with E-state index >= 15 is 0 Å². The highest BCUT2D eigenvalue weighted by molar-refractivity contribution is 5.65. The van der Waals surface area contributed by atoms with E-state index in [0.717, 1.165) is 25.8 Å². The van der Waals surface area contributed by atoms with Crippen LogP contribution in [0.25, 0.3) is 0 Å². The van der Waals surface area contributed by atoms with Gasteiger partial charge in [-0.2, -0.15) is 0 Å². The van der Waals surface area contributed by atoms with Gasteiger partial charge in [-0.1, -0.05) is 6.07 Å². The number of rotatable bonds is 4. The standard InChI is InChI=1S/C25H31NO10/c1-26-8-7-25-12-4-6-15(35-24(31)33-10-16-18(27)19(28)20(29)23(30)34-16)22(25)36-21-14(32-2)5-3-11(17(21)25)9-13(12)26/h3,5-6,12-13,16,18-20,22-23,27-30H,4,7-10H2,1-2H3/p+1/t12?,13-,16-,18+,19+,20-,22?,23+,25+/m1/s1. The van der Waals surface area contributed by atoms with Crippen molar-refractivity contribution in [3.05, 3.63) is 35.1 Å². The van der Waals surface area contributed by atoms with Gasteiger partial charge in [0.05, 0.1) is 32.2 Å². The molecule has 5 N–H and O–H groups in total. The number of aliphatic hydroxyl groups excluding tert-OH is 4. The molecule has 3 aliphatic heterocycles. The number of hydrogen-bond acceptors (Lipinski definition) is 10. The number of carbonyl (C=O) groups is 1. The number of aliphatic hydroxyl groups is 4. The van der Waals surface area contributed by atoms with Crippen LogP contribution in [0, 0.1) is 5.92 Å². The first kappa shape index (κ1) is 24.0. The molecule has 2 aliphatic carbocycles. The van der Waals surface area contributed by atoms with E-state index in [0.29, 0.717) is 29.2 Å². The SMILES string of the molecule is COc1ccc2c3c1OC1C(OC(=O)OC[C@H]4O[C@H](O)[C@H](O)[C@@H](O)[C@H]4O)=CCC4[C@@H](C2)[NH+](C)CC[C@]314. The number of benzene rings is 1. The second kappa shape index (κ2) is 8.57. The lowest BCUT2D eigenvalue weighted by Gasteiger charge is -2.54. The summed E-state index contributed by atoms with van der Waals surface area (Å²) in [4.78, 5) is 14.2. The summed E-state index contributed by atoms with van der Waals surface area (Å²) in [7, 11) is 3.85. The molecule has 2 fully saturated rings. The minimum Gasteiger partial charge on any atom is -0.493 e. The summed E-state index contributed by atoms with van der Waals surface area (Å²) < 4.78 is 28.0. The molecule has 196 valence electrons. The van der Waals surface area contributed by atoms with E-state index in [1.54, 1.807) is 7.11 Å². The smallest absolute Gasteiger partial charge is 0.493 e. The first-order chi connectivity index (χ1) is 17.3. The number of carbonyl (C=O) groups excluding carboxylic acids is 1. The molecule has 1 aromatic rings. The lowest BCUT2D eigenvalue weighted by molar-refractivity contribution is -0.918. The Morgan fingerprint density at radius 2 is 2.00 bits per heavy atom. The zero-order valence-corrected chi connectivity index (χ0v) is 20.1. The van der Waals surface area contributed by atoms with Crippen LogP contribution in [0.3, 0.4) is 0 Å². The Bertz CT molecular complexity index is 1090. The third-order valence-corrected chi connectivity index (χ3v) is 8.84. The van der Waals surface area contributed by atoms with Crippen molar-refractivity contribution in [3.63, 3.8) is 0 Å². The molecule has 1 aromatic carbocycles. The summed E-state index contributed by atoms with van der Waals surface area (Å²) in [6.07, 6.45) is -4.84. The molecule has 0 radical (unpaired) electrons. The molecular weight excluding hydrogens is 474 g/mol. The summed E-state index contributed by atoms with van der Waals surface area (Å²) >= 11 is 0. The fourth-order valence-electron chi connectivity index (χ4n) is 7.06. The quantitative estimate of drug-likeness (QED) is 0.302. The van der Waals surface area contributed by atoms with E-state index in [-0.39, 0.29) is 5.41 Å². The molecule has 5 aliphatic rings. The number of likely N-dealkylation sites (tertiary alicyclic amines) is 1. The lowest BCUT2D eigenvalue weighted by Crippen LogP contribution is -3.16. The van der Waals surface area contributed by atoms with Crippen LogP contribution < -0.4 is 14.4 Å². The summed E-state index contributed by atoms with van der Waals surface area (Å²) in [6, 6.07) is 4.48. The number of methoxy groups -OCH3 is 1. The molecule has 10 atom stereocenters. The van der Waals surface area contributed by atoms with Gasteiger partial charge >= 0.3 is 6.16 Å². The van der Waals surface area contributed by atoms with Crippen molar-refractivity contribution in [3.8, 4) is 11.5 Å². The van der Waals surface area contributed by atoms with Gasteiger partial charge in [0.2, 0.25) is 0 Å². The van der Waals surface area contributed by atoms with Crippen molar-refractivity contribution in [2.75, 3.05) is 27.3 Å². The minimum absolute atomic E-state index is 0.320. The van der Waals surface area contributed by atoms with Crippen LogP contribution in [0.5, 0.6) is 11.5 Å². The van der Waals surface area contributed by atoms with Gasteiger partial charge in [-0.3, -0.25) is 0 Å². The van der Waals surface area contributed by atoms with Crippen molar-refractivity contribution in [2.24, 2.45) is 5.92 Å². The average Bonchev–Trinajstić information content (AvgIpc) is 3.22. The number of allylic oxidation sites excluding steroid dienone is 1. The Morgan fingerprint density at radius 3 is 2.78 bits per heavy atom. The Hall–Kier alpha value is -2.41. The van der Waals surface area contributed by atoms with E-state index in [1.165, 1.54) is 16.0 Å². The van der Waals surface area contributed by atoms with Crippen molar-refractivity contribution in [1.29, 1.82) is 0 Å². The minimum atomic E-state index is -1.72. The fraction of sp³-hybridized carbons (Fsp3) is 0.640. The Balaban J connectivity index is 1.23. The molecule has 11 heteroatoms. The number of nitrogens with one attached hydrogen (secondary N) is 1. The second-order valence-electron chi connectivity index (χ2n) is 10.5.